The minimum absolute atomic E-state index is 0.0335. The molecular formula is C42H50F2. The van der Waals surface area contributed by atoms with Gasteiger partial charge in [0.05, 0.1) is 0 Å². The summed E-state index contributed by atoms with van der Waals surface area (Å²) in [6.45, 7) is 8.62. The Bertz CT molecular complexity index is 1530. The largest absolute Gasteiger partial charge is 0.298 e. The predicted octanol–water partition coefficient (Wildman–Crippen LogP) is 13.1. The second-order valence-corrected chi connectivity index (χ2v) is 13.2. The highest BCUT2D eigenvalue weighted by Gasteiger charge is 2.42. The zero-order valence-corrected chi connectivity index (χ0v) is 27.3. The first-order chi connectivity index (χ1) is 21.3. The van der Waals surface area contributed by atoms with Crippen LogP contribution in [0.15, 0.2) is 84.9 Å². The van der Waals surface area contributed by atoms with Crippen molar-refractivity contribution in [2.75, 3.05) is 0 Å². The number of benzene rings is 4. The Morgan fingerprint density at radius 2 is 1.05 bits per heavy atom. The molecule has 2 heteroatoms. The van der Waals surface area contributed by atoms with Crippen LogP contribution in [-0.2, 0) is 11.3 Å². The second kappa shape index (κ2) is 14.2. The van der Waals surface area contributed by atoms with Crippen molar-refractivity contribution < 1.29 is 8.78 Å². The van der Waals surface area contributed by atoms with E-state index < -0.39 is 5.92 Å². The lowest BCUT2D eigenvalue weighted by atomic mass is 9.70. The third kappa shape index (κ3) is 6.70. The minimum atomic E-state index is -3.06. The molecule has 0 saturated carbocycles. The van der Waals surface area contributed by atoms with Gasteiger partial charge in [-0.3, -0.25) is 0 Å². The van der Waals surface area contributed by atoms with Crippen LogP contribution in [0.25, 0.3) is 22.3 Å². The van der Waals surface area contributed by atoms with Crippen LogP contribution >= 0.6 is 0 Å². The molecule has 1 aliphatic rings. The fraction of sp³-hybridized carbons (Fsp3) is 0.429. The standard InChI is InChI=1S/C42H50F2/c1-5-7-9-11-13-25-41(26-14-12-10-8-6-2)39-28-32(4)21-23-37(39)38-24-22-34(30-40(38)41)33-18-16-20-36(29-33)42(43,44)35-19-15-17-31(3)27-35/h15-24,27-30H,5-14,25-26H2,1-4H3. The highest BCUT2D eigenvalue weighted by atomic mass is 19.3. The van der Waals surface area contributed by atoms with Gasteiger partial charge < -0.3 is 0 Å². The molecule has 0 aliphatic heterocycles. The van der Waals surface area contributed by atoms with E-state index in [-0.39, 0.29) is 16.5 Å². The molecule has 0 N–H and O–H groups in total. The SMILES string of the molecule is CCCCCCCC1(CCCCCCC)c2cc(C)ccc2-c2ccc(-c3cccc(C(F)(F)c4cccc(C)c4)c3)cc21. The molecule has 0 aromatic heterocycles. The van der Waals surface area contributed by atoms with Crippen molar-refractivity contribution in [3.63, 3.8) is 0 Å². The van der Waals surface area contributed by atoms with E-state index in [9.17, 15) is 0 Å². The van der Waals surface area contributed by atoms with Crippen LogP contribution in [0.5, 0.6) is 0 Å². The van der Waals surface area contributed by atoms with Crippen molar-refractivity contribution >= 4 is 0 Å². The zero-order valence-electron chi connectivity index (χ0n) is 27.3. The number of rotatable bonds is 15. The maximum Gasteiger partial charge on any atom is 0.298 e. The van der Waals surface area contributed by atoms with Crippen molar-refractivity contribution in [2.45, 2.75) is 116 Å². The molecule has 0 fully saturated rings. The number of fused-ring (bicyclic) bond motifs is 3. The highest BCUT2D eigenvalue weighted by molar-refractivity contribution is 5.84. The number of aryl methyl sites for hydroxylation is 2. The summed E-state index contributed by atoms with van der Waals surface area (Å²) in [5.74, 6) is -3.06. The van der Waals surface area contributed by atoms with Crippen LogP contribution in [-0.4, -0.2) is 0 Å². The van der Waals surface area contributed by atoms with Crippen molar-refractivity contribution in [2.24, 2.45) is 0 Å². The number of hydrogen-bond donors (Lipinski definition) is 0. The Balaban J connectivity index is 1.56. The van der Waals surface area contributed by atoms with Gasteiger partial charge in [0.1, 0.15) is 0 Å². The van der Waals surface area contributed by atoms with Gasteiger partial charge in [0.15, 0.2) is 0 Å². The molecule has 0 unspecified atom stereocenters. The van der Waals surface area contributed by atoms with Gasteiger partial charge in [-0.15, -0.1) is 0 Å². The second-order valence-electron chi connectivity index (χ2n) is 13.2. The summed E-state index contributed by atoms with van der Waals surface area (Å²) >= 11 is 0. The molecular weight excluding hydrogens is 542 g/mol. The Morgan fingerprint density at radius 1 is 0.523 bits per heavy atom. The Morgan fingerprint density at radius 3 is 1.68 bits per heavy atom. The van der Waals surface area contributed by atoms with Gasteiger partial charge in [-0.1, -0.05) is 156 Å². The predicted molar refractivity (Wildman–Crippen MR) is 184 cm³/mol. The Hall–Kier alpha value is -3.26. The van der Waals surface area contributed by atoms with Crippen LogP contribution in [0, 0.1) is 13.8 Å². The molecule has 0 radical (unpaired) electrons. The van der Waals surface area contributed by atoms with Gasteiger partial charge in [-0.2, -0.15) is 8.78 Å². The van der Waals surface area contributed by atoms with Gasteiger partial charge >= 0.3 is 0 Å². The molecule has 0 spiro atoms. The number of hydrogen-bond acceptors (Lipinski definition) is 0. The smallest absolute Gasteiger partial charge is 0.196 e. The first-order valence-corrected chi connectivity index (χ1v) is 17.1. The fourth-order valence-electron chi connectivity index (χ4n) is 7.41. The van der Waals surface area contributed by atoms with Crippen molar-refractivity contribution in [1.82, 2.24) is 0 Å². The summed E-state index contributed by atoms with van der Waals surface area (Å²) < 4.78 is 31.6. The van der Waals surface area contributed by atoms with Crippen molar-refractivity contribution in [3.05, 3.63) is 118 Å². The average Bonchev–Trinajstić information content (AvgIpc) is 3.29. The quantitative estimate of drug-likeness (QED) is 0.120. The van der Waals surface area contributed by atoms with Crippen LogP contribution < -0.4 is 0 Å². The number of halogens is 2. The van der Waals surface area contributed by atoms with Crippen molar-refractivity contribution in [3.8, 4) is 22.3 Å². The van der Waals surface area contributed by atoms with E-state index >= 15 is 8.78 Å². The molecule has 44 heavy (non-hydrogen) atoms. The maximum atomic E-state index is 15.8. The van der Waals surface area contributed by atoms with E-state index in [0.29, 0.717) is 0 Å². The molecule has 0 nitrogen and oxygen atoms in total. The lowest BCUT2D eigenvalue weighted by Gasteiger charge is -2.33. The van der Waals surface area contributed by atoms with Gasteiger partial charge in [-0.05, 0) is 78.3 Å². The summed E-state index contributed by atoms with van der Waals surface area (Å²) in [6, 6.07) is 27.5. The van der Waals surface area contributed by atoms with E-state index in [1.807, 2.05) is 19.1 Å². The average molecular weight is 593 g/mol. The lowest BCUT2D eigenvalue weighted by Crippen LogP contribution is -2.25. The van der Waals surface area contributed by atoms with Gasteiger partial charge in [0, 0.05) is 16.5 Å². The summed E-state index contributed by atoms with van der Waals surface area (Å²) in [5, 5.41) is 0. The maximum absolute atomic E-state index is 15.8. The van der Waals surface area contributed by atoms with E-state index in [2.05, 4.69) is 57.2 Å². The molecule has 0 amide bonds. The van der Waals surface area contributed by atoms with Crippen LogP contribution in [0.4, 0.5) is 8.78 Å². The summed E-state index contributed by atoms with van der Waals surface area (Å²) in [6.07, 6.45) is 14.9. The molecule has 232 valence electrons. The molecule has 0 atom stereocenters. The van der Waals surface area contributed by atoms with Gasteiger partial charge in [0.2, 0.25) is 0 Å². The molecule has 5 rings (SSSR count). The summed E-state index contributed by atoms with van der Waals surface area (Å²) in [4.78, 5) is 0. The monoisotopic (exact) mass is 592 g/mol. The van der Waals surface area contributed by atoms with Gasteiger partial charge in [-0.25, -0.2) is 0 Å². The molecule has 4 aromatic carbocycles. The third-order valence-corrected chi connectivity index (χ3v) is 9.87. The Labute approximate surface area is 264 Å². The molecule has 0 bridgehead atoms. The minimum Gasteiger partial charge on any atom is -0.196 e. The molecule has 0 saturated heterocycles. The molecule has 4 aromatic rings. The molecule has 0 heterocycles. The number of unbranched alkanes of at least 4 members (excludes halogenated alkanes) is 8. The molecule has 1 aliphatic carbocycles. The van der Waals surface area contributed by atoms with E-state index in [4.69, 9.17) is 0 Å². The Kier molecular flexibility index (Phi) is 10.4. The lowest BCUT2D eigenvalue weighted by molar-refractivity contribution is 0.0428. The van der Waals surface area contributed by atoms with E-state index in [1.54, 1.807) is 30.3 Å². The highest BCUT2D eigenvalue weighted by Crippen LogP contribution is 2.55. The van der Waals surface area contributed by atoms with E-state index in [0.717, 1.165) is 29.5 Å². The normalized spacial score (nSPS) is 13.6. The van der Waals surface area contributed by atoms with Gasteiger partial charge in [0.25, 0.3) is 5.92 Å². The fourth-order valence-corrected chi connectivity index (χ4v) is 7.41. The summed E-state index contributed by atoms with van der Waals surface area (Å²) in [7, 11) is 0. The summed E-state index contributed by atoms with van der Waals surface area (Å²) in [5.41, 5.74) is 9.64. The van der Waals surface area contributed by atoms with Crippen molar-refractivity contribution in [1.29, 1.82) is 0 Å². The van der Waals surface area contributed by atoms with Crippen LogP contribution in [0.2, 0.25) is 0 Å². The number of alkyl halides is 2. The van der Waals surface area contributed by atoms with Crippen LogP contribution in [0.1, 0.15) is 124 Å². The topological polar surface area (TPSA) is 0 Å². The van der Waals surface area contributed by atoms with E-state index in [1.165, 1.54) is 98.1 Å². The zero-order chi connectivity index (χ0) is 31.2. The van der Waals surface area contributed by atoms with Crippen LogP contribution in [0.3, 0.4) is 0 Å². The first kappa shape index (κ1) is 32.1. The first-order valence-electron chi connectivity index (χ1n) is 17.1. The third-order valence-electron chi connectivity index (χ3n) is 9.87.